The zero-order valence-electron chi connectivity index (χ0n) is 20.1. The highest BCUT2D eigenvalue weighted by molar-refractivity contribution is 7.98. The molecule has 14 heteroatoms. The number of hydrogen-bond acceptors (Lipinski definition) is 8. The summed E-state index contributed by atoms with van der Waals surface area (Å²) in [6.07, 6.45) is 1.12. The molecule has 5 unspecified atom stereocenters. The maximum absolute atomic E-state index is 12.8. The van der Waals surface area contributed by atoms with Gasteiger partial charge in [0.1, 0.15) is 18.1 Å². The van der Waals surface area contributed by atoms with Gasteiger partial charge in [0.25, 0.3) is 0 Å². The van der Waals surface area contributed by atoms with Gasteiger partial charge in [-0.2, -0.15) is 11.8 Å². The van der Waals surface area contributed by atoms with Crippen molar-refractivity contribution in [2.45, 2.75) is 70.3 Å². The second kappa shape index (κ2) is 16.1. The average molecular weight is 506 g/mol. The lowest BCUT2D eigenvalue weighted by atomic mass is 10.0. The first-order valence-corrected chi connectivity index (χ1v) is 12.3. The lowest BCUT2D eigenvalue weighted by Crippen LogP contribution is -2.60. The van der Waals surface area contributed by atoms with Crippen LogP contribution in [0.3, 0.4) is 0 Å². The minimum Gasteiger partial charge on any atom is -0.480 e. The number of aliphatic imine (C=N–C) groups is 1. The molecule has 0 spiro atoms. The number of carbonyl (C=O) groups is 4. The van der Waals surface area contributed by atoms with Crippen LogP contribution >= 0.6 is 11.8 Å². The highest BCUT2D eigenvalue weighted by atomic mass is 32.2. The van der Waals surface area contributed by atoms with Crippen LogP contribution in [0.15, 0.2) is 4.99 Å². The normalized spacial score (nSPS) is 15.4. The van der Waals surface area contributed by atoms with E-state index in [4.69, 9.17) is 17.2 Å². The van der Waals surface area contributed by atoms with Crippen molar-refractivity contribution in [1.82, 2.24) is 16.0 Å². The van der Waals surface area contributed by atoms with Gasteiger partial charge < -0.3 is 43.4 Å². The van der Waals surface area contributed by atoms with Crippen molar-refractivity contribution in [2.75, 3.05) is 18.6 Å². The van der Waals surface area contributed by atoms with Crippen molar-refractivity contribution in [1.29, 1.82) is 0 Å². The number of thioether (sulfide) groups is 1. The Labute approximate surface area is 204 Å². The van der Waals surface area contributed by atoms with Crippen LogP contribution in [0.5, 0.6) is 0 Å². The smallest absolute Gasteiger partial charge is 0.326 e. The Morgan fingerprint density at radius 1 is 0.941 bits per heavy atom. The largest absolute Gasteiger partial charge is 0.480 e. The van der Waals surface area contributed by atoms with Gasteiger partial charge in [0.15, 0.2) is 5.96 Å². The number of rotatable bonds is 16. The topological polar surface area (TPSA) is 235 Å². The van der Waals surface area contributed by atoms with Gasteiger partial charge in [-0.3, -0.25) is 19.4 Å². The predicted octanol–water partition coefficient (Wildman–Crippen LogP) is -2.30. The van der Waals surface area contributed by atoms with Crippen LogP contribution in [-0.4, -0.2) is 88.7 Å². The van der Waals surface area contributed by atoms with E-state index in [1.807, 2.05) is 6.26 Å². The Morgan fingerprint density at radius 2 is 1.53 bits per heavy atom. The van der Waals surface area contributed by atoms with E-state index in [0.717, 1.165) is 0 Å². The van der Waals surface area contributed by atoms with Crippen molar-refractivity contribution in [3.63, 3.8) is 0 Å². The molecule has 3 amide bonds. The third-order valence-corrected chi connectivity index (χ3v) is 5.53. The number of carbonyl (C=O) groups excluding carboxylic acids is 3. The second-order valence-electron chi connectivity index (χ2n) is 8.19. The maximum atomic E-state index is 12.8. The first-order valence-electron chi connectivity index (χ1n) is 10.9. The van der Waals surface area contributed by atoms with Gasteiger partial charge in [-0.15, -0.1) is 0 Å². The van der Waals surface area contributed by atoms with Crippen LogP contribution in [0.1, 0.15) is 40.0 Å². The number of carboxylic acids is 1. The molecule has 0 aromatic heterocycles. The minimum atomic E-state index is -1.35. The lowest BCUT2D eigenvalue weighted by molar-refractivity contribution is -0.142. The fourth-order valence-electron chi connectivity index (χ4n) is 2.76. The summed E-state index contributed by atoms with van der Waals surface area (Å²) in [5.41, 5.74) is 16.3. The molecule has 11 N–H and O–H groups in total. The van der Waals surface area contributed by atoms with E-state index in [0.29, 0.717) is 12.2 Å². The van der Waals surface area contributed by atoms with Crippen LogP contribution in [0.4, 0.5) is 0 Å². The summed E-state index contributed by atoms with van der Waals surface area (Å²) in [5, 5.41) is 26.8. The number of aliphatic carboxylic acids is 1. The lowest BCUT2D eigenvalue weighted by Gasteiger charge is -2.27. The summed E-state index contributed by atoms with van der Waals surface area (Å²) in [6.45, 7) is 4.99. The molecule has 0 aliphatic heterocycles. The molecule has 0 bridgehead atoms. The van der Waals surface area contributed by atoms with Crippen molar-refractivity contribution >= 4 is 41.4 Å². The monoisotopic (exact) mass is 505 g/mol. The molecule has 0 saturated heterocycles. The minimum absolute atomic E-state index is 0.0699. The van der Waals surface area contributed by atoms with Crippen LogP contribution < -0.4 is 33.2 Å². The van der Waals surface area contributed by atoms with Crippen molar-refractivity contribution in [3.8, 4) is 0 Å². The maximum Gasteiger partial charge on any atom is 0.326 e. The predicted molar refractivity (Wildman–Crippen MR) is 131 cm³/mol. The number of nitrogens with zero attached hydrogens (tertiary/aromatic N) is 1. The Kier molecular flexibility index (Phi) is 14.9. The Hall–Kier alpha value is -2.58. The molecule has 5 atom stereocenters. The molecule has 0 aromatic carbocycles. The summed E-state index contributed by atoms with van der Waals surface area (Å²) in [4.78, 5) is 53.3. The third-order valence-electron chi connectivity index (χ3n) is 4.89. The van der Waals surface area contributed by atoms with Crippen molar-refractivity contribution < 1.29 is 29.4 Å². The van der Waals surface area contributed by atoms with Crippen molar-refractivity contribution in [2.24, 2.45) is 28.1 Å². The molecular weight excluding hydrogens is 466 g/mol. The summed E-state index contributed by atoms with van der Waals surface area (Å²) in [5.74, 6) is -3.18. The van der Waals surface area contributed by atoms with E-state index in [9.17, 15) is 29.4 Å². The standard InChI is InChI=1S/C20H39N7O6S/c1-10(2)14(21)17(30)27-15(11(3)28)18(31)25-12(7-9-34-4)16(29)26-13(19(32)33)6-5-8-24-20(22)23/h10-15,28H,5-9,21H2,1-4H3,(H,25,31)(H,26,29)(H,27,30)(H,32,33)(H4,22,23,24). The molecule has 0 radical (unpaired) electrons. The number of amides is 3. The molecule has 0 aliphatic carbocycles. The summed E-state index contributed by atoms with van der Waals surface area (Å²) in [6, 6.07) is -4.54. The molecule has 0 fully saturated rings. The number of nitrogens with one attached hydrogen (secondary N) is 3. The Bertz CT molecular complexity index is 716. The second-order valence-corrected chi connectivity index (χ2v) is 9.17. The summed E-state index contributed by atoms with van der Waals surface area (Å²) < 4.78 is 0. The van der Waals surface area contributed by atoms with Crippen LogP contribution in [0.25, 0.3) is 0 Å². The Morgan fingerprint density at radius 3 is 2.00 bits per heavy atom. The van der Waals surface area contributed by atoms with Gasteiger partial charge in [0.05, 0.1) is 12.1 Å². The van der Waals surface area contributed by atoms with Crippen LogP contribution in [0, 0.1) is 5.92 Å². The molecule has 0 rings (SSSR count). The summed E-state index contributed by atoms with van der Waals surface area (Å²) >= 11 is 1.43. The van der Waals surface area contributed by atoms with E-state index in [-0.39, 0.29) is 31.3 Å². The number of guanidine groups is 1. The van der Waals surface area contributed by atoms with Gasteiger partial charge in [0.2, 0.25) is 17.7 Å². The zero-order chi connectivity index (χ0) is 26.4. The molecule has 34 heavy (non-hydrogen) atoms. The van der Waals surface area contributed by atoms with Crippen molar-refractivity contribution in [3.05, 3.63) is 0 Å². The van der Waals surface area contributed by atoms with Gasteiger partial charge >= 0.3 is 5.97 Å². The molecule has 0 aliphatic rings. The number of nitrogens with two attached hydrogens (primary N) is 3. The van der Waals surface area contributed by atoms with Gasteiger partial charge in [-0.25, -0.2) is 4.79 Å². The van der Waals surface area contributed by atoms with Gasteiger partial charge in [-0.1, -0.05) is 13.8 Å². The van der Waals surface area contributed by atoms with E-state index in [1.165, 1.54) is 18.7 Å². The number of aliphatic hydroxyl groups is 1. The molecule has 0 aromatic rings. The molecule has 0 heterocycles. The molecule has 0 saturated carbocycles. The number of hydrogen-bond donors (Lipinski definition) is 8. The van der Waals surface area contributed by atoms with E-state index in [2.05, 4.69) is 20.9 Å². The van der Waals surface area contributed by atoms with Crippen LogP contribution in [-0.2, 0) is 19.2 Å². The molecular formula is C20H39N7O6S. The zero-order valence-corrected chi connectivity index (χ0v) is 20.9. The average Bonchev–Trinajstić information content (AvgIpc) is 2.74. The highest BCUT2D eigenvalue weighted by Crippen LogP contribution is 2.06. The van der Waals surface area contributed by atoms with E-state index in [1.54, 1.807) is 13.8 Å². The van der Waals surface area contributed by atoms with Gasteiger partial charge in [-0.05, 0) is 44.1 Å². The first-order chi connectivity index (χ1) is 15.8. The Balaban J connectivity index is 5.36. The fourth-order valence-corrected chi connectivity index (χ4v) is 3.23. The van der Waals surface area contributed by atoms with E-state index >= 15 is 0 Å². The van der Waals surface area contributed by atoms with E-state index < -0.39 is 54.0 Å². The summed E-state index contributed by atoms with van der Waals surface area (Å²) in [7, 11) is 0. The third kappa shape index (κ3) is 12.0. The molecule has 196 valence electrons. The fraction of sp³-hybridized carbons (Fsp3) is 0.750. The quantitative estimate of drug-likeness (QED) is 0.0634. The number of carboxylic acid groups (broad SMARTS) is 1. The number of aliphatic hydroxyl groups excluding tert-OH is 1. The SMILES string of the molecule is CSCCC(NC(=O)C(NC(=O)C(N)C(C)C)C(C)O)C(=O)NC(CCCN=C(N)N)C(=O)O. The molecule has 13 nitrogen and oxygen atoms in total. The van der Waals surface area contributed by atoms with Gasteiger partial charge in [0, 0.05) is 6.54 Å². The first kappa shape index (κ1) is 31.4. The highest BCUT2D eigenvalue weighted by Gasteiger charge is 2.32. The van der Waals surface area contributed by atoms with Crippen LogP contribution in [0.2, 0.25) is 0 Å².